The normalized spacial score (nSPS) is 27.6. The van der Waals surface area contributed by atoms with Crippen LogP contribution in [0.15, 0.2) is 0 Å². The lowest BCUT2D eigenvalue weighted by atomic mass is 9.95. The molecule has 0 radical (unpaired) electrons. The van der Waals surface area contributed by atoms with Gasteiger partial charge in [0.1, 0.15) is 0 Å². The van der Waals surface area contributed by atoms with Gasteiger partial charge in [-0.25, -0.2) is 0 Å². The molecule has 0 atom stereocenters. The molecule has 18 heavy (non-hydrogen) atoms. The number of amides is 1. The van der Waals surface area contributed by atoms with Crippen LogP contribution in [0.1, 0.15) is 51.4 Å². The minimum absolute atomic E-state index is 0.297. The van der Waals surface area contributed by atoms with Crippen molar-refractivity contribution < 1.29 is 4.79 Å². The highest BCUT2D eigenvalue weighted by Gasteiger charge is 2.30. The van der Waals surface area contributed by atoms with Crippen molar-refractivity contribution in [3.8, 4) is 0 Å². The highest BCUT2D eigenvalue weighted by molar-refractivity contribution is 5.79. The molecule has 1 aliphatic heterocycles. The summed E-state index contributed by atoms with van der Waals surface area (Å²) in [6.07, 6.45) is 10.3. The van der Waals surface area contributed by atoms with Gasteiger partial charge in [-0.1, -0.05) is 12.8 Å². The Labute approximate surface area is 110 Å². The smallest absolute Gasteiger partial charge is 0.223 e. The van der Waals surface area contributed by atoms with Gasteiger partial charge in [0.15, 0.2) is 0 Å². The molecule has 0 aromatic rings. The Balaban J connectivity index is 1.38. The minimum Gasteiger partial charge on any atom is -0.353 e. The number of nitrogens with one attached hydrogen (secondary N) is 1. The Hall–Kier alpha value is -0.570. The highest BCUT2D eigenvalue weighted by Crippen LogP contribution is 2.28. The van der Waals surface area contributed by atoms with Gasteiger partial charge in [-0.2, -0.15) is 0 Å². The van der Waals surface area contributed by atoms with E-state index < -0.39 is 0 Å². The van der Waals surface area contributed by atoms with Crippen LogP contribution in [0.4, 0.5) is 0 Å². The van der Waals surface area contributed by atoms with Crippen LogP contribution in [0.25, 0.3) is 0 Å². The van der Waals surface area contributed by atoms with Crippen molar-refractivity contribution >= 4 is 5.91 Å². The first-order valence-electron chi connectivity index (χ1n) is 7.84. The average molecular weight is 250 g/mol. The van der Waals surface area contributed by atoms with Gasteiger partial charge in [-0.3, -0.25) is 4.79 Å². The van der Waals surface area contributed by atoms with Gasteiger partial charge in [-0.15, -0.1) is 0 Å². The lowest BCUT2D eigenvalue weighted by molar-refractivity contribution is -0.126. The molecule has 2 aliphatic carbocycles. The molecule has 1 N–H and O–H groups in total. The summed E-state index contributed by atoms with van der Waals surface area (Å²) >= 11 is 0. The summed E-state index contributed by atoms with van der Waals surface area (Å²) < 4.78 is 0. The van der Waals surface area contributed by atoms with E-state index in [1.54, 1.807) is 0 Å². The number of nitrogens with zero attached hydrogens (tertiary/aromatic N) is 1. The third kappa shape index (κ3) is 3.25. The predicted molar refractivity (Wildman–Crippen MR) is 72.3 cm³/mol. The summed E-state index contributed by atoms with van der Waals surface area (Å²) in [5.74, 6) is 1.57. The topological polar surface area (TPSA) is 32.3 Å². The van der Waals surface area contributed by atoms with Gasteiger partial charge < -0.3 is 10.2 Å². The summed E-state index contributed by atoms with van der Waals surface area (Å²) in [6.45, 7) is 3.56. The van der Waals surface area contributed by atoms with E-state index in [-0.39, 0.29) is 0 Å². The molecule has 0 unspecified atom stereocenters. The fourth-order valence-electron chi connectivity index (χ4n) is 3.48. The van der Waals surface area contributed by atoms with Crippen molar-refractivity contribution in [2.24, 2.45) is 11.8 Å². The van der Waals surface area contributed by atoms with Gasteiger partial charge in [0.2, 0.25) is 5.91 Å². The predicted octanol–water partition coefficient (Wildman–Crippen LogP) is 2.17. The molecule has 1 amide bonds. The number of likely N-dealkylation sites (tertiary alicyclic amines) is 1. The zero-order valence-electron chi connectivity index (χ0n) is 11.4. The van der Waals surface area contributed by atoms with E-state index in [1.807, 2.05) is 0 Å². The van der Waals surface area contributed by atoms with E-state index >= 15 is 0 Å². The van der Waals surface area contributed by atoms with Crippen LogP contribution in [0.5, 0.6) is 0 Å². The number of piperidine rings is 1. The second kappa shape index (κ2) is 5.60. The molecule has 3 aliphatic rings. The summed E-state index contributed by atoms with van der Waals surface area (Å²) in [6, 6.07) is 0.522. The molecule has 3 fully saturated rings. The summed E-state index contributed by atoms with van der Waals surface area (Å²) in [4.78, 5) is 14.6. The lowest BCUT2D eigenvalue weighted by Gasteiger charge is -2.32. The van der Waals surface area contributed by atoms with E-state index in [0.29, 0.717) is 17.9 Å². The standard InChI is InChI=1S/C15H26N2O/c18-15(16-14-5-6-14)13-7-9-17(10-8-13)11-12-3-1-2-4-12/h12-14H,1-11H2,(H,16,18). The molecular weight excluding hydrogens is 224 g/mol. The quantitative estimate of drug-likeness (QED) is 0.829. The third-order valence-electron chi connectivity index (χ3n) is 4.87. The molecule has 3 heteroatoms. The maximum absolute atomic E-state index is 12.0. The largest absolute Gasteiger partial charge is 0.353 e. The van der Waals surface area contributed by atoms with Crippen molar-refractivity contribution in [2.45, 2.75) is 57.4 Å². The van der Waals surface area contributed by atoms with Gasteiger partial charge >= 0.3 is 0 Å². The molecule has 0 spiro atoms. The Morgan fingerprint density at radius 3 is 2.28 bits per heavy atom. The lowest BCUT2D eigenvalue weighted by Crippen LogP contribution is -2.42. The monoisotopic (exact) mass is 250 g/mol. The van der Waals surface area contributed by atoms with E-state index in [2.05, 4.69) is 10.2 Å². The molecule has 0 aromatic carbocycles. The van der Waals surface area contributed by atoms with Crippen LogP contribution >= 0.6 is 0 Å². The fourth-order valence-corrected chi connectivity index (χ4v) is 3.48. The Bertz CT molecular complexity index is 287. The molecule has 2 saturated carbocycles. The van der Waals surface area contributed by atoms with E-state index in [9.17, 15) is 4.79 Å². The first kappa shape index (κ1) is 12.5. The van der Waals surface area contributed by atoms with Gasteiger partial charge in [0.05, 0.1) is 0 Å². The van der Waals surface area contributed by atoms with Crippen molar-refractivity contribution in [3.05, 3.63) is 0 Å². The summed E-state index contributed by atoms with van der Waals surface area (Å²) in [5, 5.41) is 3.15. The number of rotatable bonds is 4. The molecule has 1 heterocycles. The molecular formula is C15H26N2O. The van der Waals surface area contributed by atoms with Crippen LogP contribution in [-0.2, 0) is 4.79 Å². The maximum atomic E-state index is 12.0. The number of carbonyl (C=O) groups is 1. The van der Waals surface area contributed by atoms with Gasteiger partial charge in [0, 0.05) is 18.5 Å². The Kier molecular flexibility index (Phi) is 3.88. The van der Waals surface area contributed by atoms with Crippen LogP contribution in [0.2, 0.25) is 0 Å². The van der Waals surface area contributed by atoms with E-state index in [4.69, 9.17) is 0 Å². The number of carbonyl (C=O) groups excluding carboxylic acids is 1. The molecule has 102 valence electrons. The number of hydrogen-bond donors (Lipinski definition) is 1. The van der Waals surface area contributed by atoms with Crippen LogP contribution in [0.3, 0.4) is 0 Å². The minimum atomic E-state index is 0.297. The van der Waals surface area contributed by atoms with E-state index in [1.165, 1.54) is 45.1 Å². The van der Waals surface area contributed by atoms with Crippen molar-refractivity contribution in [2.75, 3.05) is 19.6 Å². The SMILES string of the molecule is O=C(NC1CC1)C1CCN(CC2CCCC2)CC1. The van der Waals surface area contributed by atoms with Crippen molar-refractivity contribution in [1.82, 2.24) is 10.2 Å². The molecule has 0 aromatic heterocycles. The zero-order valence-corrected chi connectivity index (χ0v) is 11.4. The van der Waals surface area contributed by atoms with E-state index in [0.717, 1.165) is 31.8 Å². The first-order chi connectivity index (χ1) is 8.81. The van der Waals surface area contributed by atoms with Crippen LogP contribution in [-0.4, -0.2) is 36.5 Å². The summed E-state index contributed by atoms with van der Waals surface area (Å²) in [5.41, 5.74) is 0. The molecule has 0 bridgehead atoms. The first-order valence-corrected chi connectivity index (χ1v) is 7.84. The van der Waals surface area contributed by atoms with Gasteiger partial charge in [-0.05, 0) is 57.5 Å². The van der Waals surface area contributed by atoms with Crippen molar-refractivity contribution in [1.29, 1.82) is 0 Å². The van der Waals surface area contributed by atoms with Crippen LogP contribution in [0, 0.1) is 11.8 Å². The third-order valence-corrected chi connectivity index (χ3v) is 4.87. The summed E-state index contributed by atoms with van der Waals surface area (Å²) in [7, 11) is 0. The fraction of sp³-hybridized carbons (Fsp3) is 0.933. The second-order valence-corrected chi connectivity index (χ2v) is 6.51. The zero-order chi connectivity index (χ0) is 12.4. The van der Waals surface area contributed by atoms with Gasteiger partial charge in [0.25, 0.3) is 0 Å². The van der Waals surface area contributed by atoms with Crippen LogP contribution < -0.4 is 5.32 Å². The second-order valence-electron chi connectivity index (χ2n) is 6.51. The maximum Gasteiger partial charge on any atom is 0.223 e. The Morgan fingerprint density at radius 2 is 1.67 bits per heavy atom. The Morgan fingerprint density at radius 1 is 1.00 bits per heavy atom. The molecule has 3 rings (SSSR count). The van der Waals surface area contributed by atoms with Crippen molar-refractivity contribution in [3.63, 3.8) is 0 Å². The average Bonchev–Trinajstić information content (AvgIpc) is 3.04. The molecule has 1 saturated heterocycles. The number of hydrogen-bond acceptors (Lipinski definition) is 2. The highest BCUT2D eigenvalue weighted by atomic mass is 16.2. The molecule has 3 nitrogen and oxygen atoms in total.